The Balaban J connectivity index is 2.81. The van der Waals surface area contributed by atoms with E-state index < -0.39 is 0 Å². The number of nitrogens with two attached hydrogens (primary N) is 1. The van der Waals surface area contributed by atoms with E-state index in [0.717, 1.165) is 18.8 Å². The zero-order valence-corrected chi connectivity index (χ0v) is 14.1. The molecule has 0 saturated carbocycles. The van der Waals surface area contributed by atoms with Crippen molar-refractivity contribution in [2.45, 2.75) is 66.0 Å². The molecule has 2 unspecified atom stereocenters. The second-order valence-corrected chi connectivity index (χ2v) is 6.58. The first kappa shape index (κ1) is 17.0. The van der Waals surface area contributed by atoms with Crippen LogP contribution in [0, 0.1) is 12.8 Å². The normalized spacial score (nSPS) is 14.4. The van der Waals surface area contributed by atoms with Crippen LogP contribution >= 0.6 is 0 Å². The summed E-state index contributed by atoms with van der Waals surface area (Å²) in [5, 5.41) is 0. The van der Waals surface area contributed by atoms with E-state index in [0.29, 0.717) is 6.04 Å². The molecule has 1 aromatic rings. The molecule has 2 heteroatoms. The van der Waals surface area contributed by atoms with Crippen molar-refractivity contribution < 1.29 is 0 Å². The van der Waals surface area contributed by atoms with Crippen LogP contribution in [0.1, 0.15) is 51.7 Å². The van der Waals surface area contributed by atoms with Gasteiger partial charge in [-0.3, -0.25) is 0 Å². The highest BCUT2D eigenvalue weighted by Crippen LogP contribution is 2.24. The topological polar surface area (TPSA) is 29.3 Å². The van der Waals surface area contributed by atoms with E-state index >= 15 is 0 Å². The lowest BCUT2D eigenvalue weighted by molar-refractivity contribution is 0.503. The second-order valence-electron chi connectivity index (χ2n) is 6.58. The van der Waals surface area contributed by atoms with Gasteiger partial charge in [0, 0.05) is 24.8 Å². The maximum atomic E-state index is 6.05. The molecule has 0 heterocycles. The van der Waals surface area contributed by atoms with E-state index in [9.17, 15) is 0 Å². The predicted octanol–water partition coefficient (Wildman–Crippen LogP) is 4.15. The molecule has 0 saturated heterocycles. The summed E-state index contributed by atoms with van der Waals surface area (Å²) in [6.07, 6.45) is 3.23. The number of aryl methyl sites for hydroxylation is 1. The van der Waals surface area contributed by atoms with E-state index in [2.05, 4.69) is 64.8 Å². The van der Waals surface area contributed by atoms with Crippen molar-refractivity contribution in [3.63, 3.8) is 0 Å². The van der Waals surface area contributed by atoms with Gasteiger partial charge < -0.3 is 10.6 Å². The molecular formula is C18H32N2. The van der Waals surface area contributed by atoms with Gasteiger partial charge in [-0.05, 0) is 56.2 Å². The van der Waals surface area contributed by atoms with Crippen LogP contribution in [-0.2, 0) is 6.42 Å². The molecule has 0 radical (unpaired) electrons. The van der Waals surface area contributed by atoms with Gasteiger partial charge in [0.2, 0.25) is 0 Å². The van der Waals surface area contributed by atoms with Crippen molar-refractivity contribution in [3.05, 3.63) is 29.3 Å². The summed E-state index contributed by atoms with van der Waals surface area (Å²) in [4.78, 5) is 2.40. The van der Waals surface area contributed by atoms with Crippen molar-refractivity contribution in [3.8, 4) is 0 Å². The number of rotatable bonds is 7. The third-order valence-electron chi connectivity index (χ3n) is 4.14. The summed E-state index contributed by atoms with van der Waals surface area (Å²) in [6, 6.07) is 7.62. The Morgan fingerprint density at radius 3 is 2.35 bits per heavy atom. The van der Waals surface area contributed by atoms with Gasteiger partial charge in [0.05, 0.1) is 0 Å². The Kier molecular flexibility index (Phi) is 6.54. The van der Waals surface area contributed by atoms with E-state index in [4.69, 9.17) is 5.73 Å². The Hall–Kier alpha value is -1.02. The number of benzene rings is 1. The minimum absolute atomic E-state index is 0.276. The fourth-order valence-electron chi connectivity index (χ4n) is 2.77. The average molecular weight is 276 g/mol. The van der Waals surface area contributed by atoms with Crippen molar-refractivity contribution in [1.82, 2.24) is 0 Å². The third-order valence-corrected chi connectivity index (χ3v) is 4.14. The molecule has 2 nitrogen and oxygen atoms in total. The van der Waals surface area contributed by atoms with Gasteiger partial charge in [-0.1, -0.05) is 32.9 Å². The molecule has 0 bridgehead atoms. The first-order valence-corrected chi connectivity index (χ1v) is 7.93. The Morgan fingerprint density at radius 2 is 1.85 bits per heavy atom. The molecule has 0 aliphatic rings. The second kappa shape index (κ2) is 7.68. The summed E-state index contributed by atoms with van der Waals surface area (Å²) in [7, 11) is 2.20. The van der Waals surface area contributed by atoms with E-state index in [1.165, 1.54) is 23.2 Å². The Labute approximate surface area is 125 Å². The van der Waals surface area contributed by atoms with Crippen LogP contribution in [0.25, 0.3) is 0 Å². The van der Waals surface area contributed by atoms with Gasteiger partial charge in [-0.25, -0.2) is 0 Å². The number of nitrogens with zero attached hydrogens (tertiary/aromatic N) is 1. The maximum absolute atomic E-state index is 6.05. The average Bonchev–Trinajstić information content (AvgIpc) is 2.37. The van der Waals surface area contributed by atoms with Crippen LogP contribution in [0.3, 0.4) is 0 Å². The predicted molar refractivity (Wildman–Crippen MR) is 90.5 cm³/mol. The van der Waals surface area contributed by atoms with Crippen LogP contribution in [0.15, 0.2) is 18.2 Å². The molecule has 20 heavy (non-hydrogen) atoms. The highest BCUT2D eigenvalue weighted by Gasteiger charge is 2.14. The highest BCUT2D eigenvalue weighted by molar-refractivity contribution is 5.54. The van der Waals surface area contributed by atoms with Crippen molar-refractivity contribution in [2.24, 2.45) is 11.7 Å². The fourth-order valence-corrected chi connectivity index (χ4v) is 2.77. The number of hydrogen-bond acceptors (Lipinski definition) is 2. The third kappa shape index (κ3) is 4.82. The van der Waals surface area contributed by atoms with Gasteiger partial charge in [-0.2, -0.15) is 0 Å². The number of hydrogen-bond donors (Lipinski definition) is 1. The molecule has 0 aromatic heterocycles. The van der Waals surface area contributed by atoms with Gasteiger partial charge in [-0.15, -0.1) is 0 Å². The first-order valence-electron chi connectivity index (χ1n) is 7.93. The van der Waals surface area contributed by atoms with Crippen LogP contribution in [-0.4, -0.2) is 19.1 Å². The quantitative estimate of drug-likeness (QED) is 0.811. The fraction of sp³-hybridized carbons (Fsp3) is 0.667. The van der Waals surface area contributed by atoms with Crippen LogP contribution in [0.2, 0.25) is 0 Å². The summed E-state index contributed by atoms with van der Waals surface area (Å²) in [5.74, 6) is 0.731. The molecule has 0 aliphatic carbocycles. The van der Waals surface area contributed by atoms with Crippen LogP contribution in [0.5, 0.6) is 0 Å². The first-order chi connectivity index (χ1) is 9.35. The van der Waals surface area contributed by atoms with Gasteiger partial charge in [0.15, 0.2) is 0 Å². The summed E-state index contributed by atoms with van der Waals surface area (Å²) < 4.78 is 0. The van der Waals surface area contributed by atoms with Crippen molar-refractivity contribution in [1.29, 1.82) is 0 Å². The molecule has 0 spiro atoms. The monoisotopic (exact) mass is 276 g/mol. The number of anilines is 1. The molecule has 2 N–H and O–H groups in total. The largest absolute Gasteiger partial charge is 0.372 e. The van der Waals surface area contributed by atoms with Crippen molar-refractivity contribution >= 4 is 5.69 Å². The smallest absolute Gasteiger partial charge is 0.0395 e. The molecule has 2 atom stereocenters. The minimum atomic E-state index is 0.276. The summed E-state index contributed by atoms with van der Waals surface area (Å²) in [5.41, 5.74) is 10.1. The summed E-state index contributed by atoms with van der Waals surface area (Å²) in [6.45, 7) is 11.2. The Bertz CT molecular complexity index is 412. The van der Waals surface area contributed by atoms with Crippen LogP contribution in [0.4, 0.5) is 5.69 Å². The molecule has 1 aromatic carbocycles. The summed E-state index contributed by atoms with van der Waals surface area (Å²) >= 11 is 0. The zero-order chi connectivity index (χ0) is 15.3. The maximum Gasteiger partial charge on any atom is 0.0395 e. The molecule has 114 valence electrons. The molecule has 0 fully saturated rings. The lowest BCUT2D eigenvalue weighted by Crippen LogP contribution is -2.30. The van der Waals surface area contributed by atoms with Crippen LogP contribution < -0.4 is 10.6 Å². The minimum Gasteiger partial charge on any atom is -0.372 e. The highest BCUT2D eigenvalue weighted by atomic mass is 15.1. The lowest BCUT2D eigenvalue weighted by atomic mass is 9.99. The van der Waals surface area contributed by atoms with E-state index in [1.807, 2.05) is 0 Å². The Morgan fingerprint density at radius 1 is 1.20 bits per heavy atom. The molecule has 1 rings (SSSR count). The van der Waals surface area contributed by atoms with E-state index in [-0.39, 0.29) is 6.04 Å². The SMILES string of the molecule is CCC(N)Cc1ccc(N(C)C(C)CC(C)C)c(C)c1. The van der Waals surface area contributed by atoms with E-state index in [1.54, 1.807) is 0 Å². The standard InChI is InChI=1S/C18H32N2/c1-7-17(19)12-16-8-9-18(14(4)11-16)20(6)15(5)10-13(2)3/h8-9,11,13,15,17H,7,10,12,19H2,1-6H3. The van der Waals surface area contributed by atoms with Gasteiger partial charge >= 0.3 is 0 Å². The molecule has 0 amide bonds. The molecule has 0 aliphatic heterocycles. The van der Waals surface area contributed by atoms with Gasteiger partial charge in [0.25, 0.3) is 0 Å². The van der Waals surface area contributed by atoms with Crippen molar-refractivity contribution in [2.75, 3.05) is 11.9 Å². The zero-order valence-electron chi connectivity index (χ0n) is 14.1. The molecular weight excluding hydrogens is 244 g/mol. The lowest BCUT2D eigenvalue weighted by Gasteiger charge is -2.30. The van der Waals surface area contributed by atoms with Gasteiger partial charge in [0.1, 0.15) is 0 Å².